The fourth-order valence-corrected chi connectivity index (χ4v) is 3.38. The van der Waals surface area contributed by atoms with Crippen LogP contribution in [-0.2, 0) is 6.42 Å². The minimum absolute atomic E-state index is 0.101. The smallest absolute Gasteiger partial charge is 0.125 e. The molecule has 0 amide bonds. The van der Waals surface area contributed by atoms with Crippen LogP contribution < -0.4 is 10.6 Å². The van der Waals surface area contributed by atoms with Crippen molar-refractivity contribution in [3.05, 3.63) is 59.4 Å². The molecule has 1 atom stereocenters. The molecule has 1 unspecified atom stereocenters. The van der Waals surface area contributed by atoms with Gasteiger partial charge in [-0.3, -0.25) is 0 Å². The molecule has 0 saturated heterocycles. The molecule has 0 fully saturated rings. The van der Waals surface area contributed by atoms with Crippen LogP contribution >= 0.6 is 11.8 Å². The van der Waals surface area contributed by atoms with Gasteiger partial charge in [0.25, 0.3) is 0 Å². The highest BCUT2D eigenvalue weighted by Gasteiger charge is 2.26. The van der Waals surface area contributed by atoms with E-state index in [1.165, 1.54) is 22.1 Å². The summed E-state index contributed by atoms with van der Waals surface area (Å²) in [5, 5.41) is 0. The third-order valence-electron chi connectivity index (χ3n) is 4.08. The van der Waals surface area contributed by atoms with Gasteiger partial charge in [0.1, 0.15) is 5.82 Å². The number of anilines is 1. The van der Waals surface area contributed by atoms with Crippen molar-refractivity contribution in [2.45, 2.75) is 17.4 Å². The van der Waals surface area contributed by atoms with Crippen molar-refractivity contribution in [2.75, 3.05) is 24.2 Å². The van der Waals surface area contributed by atoms with Gasteiger partial charge in [-0.1, -0.05) is 18.2 Å². The van der Waals surface area contributed by atoms with Gasteiger partial charge in [0.2, 0.25) is 0 Å². The van der Waals surface area contributed by atoms with E-state index < -0.39 is 0 Å². The average molecular weight is 302 g/mol. The zero-order valence-corrected chi connectivity index (χ0v) is 12.9. The van der Waals surface area contributed by atoms with Crippen LogP contribution in [0, 0.1) is 5.82 Å². The van der Waals surface area contributed by atoms with Crippen molar-refractivity contribution in [3.63, 3.8) is 0 Å². The van der Waals surface area contributed by atoms with Crippen molar-refractivity contribution in [1.29, 1.82) is 0 Å². The van der Waals surface area contributed by atoms with Gasteiger partial charge in [-0.25, -0.2) is 4.39 Å². The van der Waals surface area contributed by atoms with E-state index in [4.69, 9.17) is 5.73 Å². The minimum atomic E-state index is -0.186. The molecule has 0 radical (unpaired) electrons. The van der Waals surface area contributed by atoms with E-state index in [0.717, 1.165) is 18.7 Å². The largest absolute Gasteiger partial charge is 0.363 e. The molecule has 0 bridgehead atoms. The second kappa shape index (κ2) is 6.08. The number of nitrogens with two attached hydrogens (primary N) is 1. The lowest BCUT2D eigenvalue weighted by atomic mass is 10.1. The molecule has 1 aliphatic heterocycles. The van der Waals surface area contributed by atoms with Gasteiger partial charge in [-0.05, 0) is 48.1 Å². The van der Waals surface area contributed by atoms with E-state index in [-0.39, 0.29) is 11.9 Å². The van der Waals surface area contributed by atoms with Gasteiger partial charge in [0.15, 0.2) is 0 Å². The molecule has 0 saturated carbocycles. The normalized spacial score (nSPS) is 15.1. The second-order valence-corrected chi connectivity index (χ2v) is 6.12. The number of nitrogens with zero attached hydrogens (tertiary/aromatic N) is 1. The highest BCUT2D eigenvalue weighted by molar-refractivity contribution is 7.98. The van der Waals surface area contributed by atoms with Crippen LogP contribution in [0.2, 0.25) is 0 Å². The molecule has 2 N–H and O–H groups in total. The SMILES string of the molecule is CSc1ccc(C(CN)N2CCc3ccc(F)cc32)cc1. The van der Waals surface area contributed by atoms with Crippen LogP contribution in [0.15, 0.2) is 47.4 Å². The van der Waals surface area contributed by atoms with Gasteiger partial charge in [0.05, 0.1) is 6.04 Å². The molecule has 2 aromatic rings. The number of thioether (sulfide) groups is 1. The van der Waals surface area contributed by atoms with E-state index >= 15 is 0 Å². The Morgan fingerprint density at radius 2 is 2.00 bits per heavy atom. The van der Waals surface area contributed by atoms with Crippen molar-refractivity contribution < 1.29 is 4.39 Å². The van der Waals surface area contributed by atoms with E-state index in [1.807, 2.05) is 6.07 Å². The topological polar surface area (TPSA) is 29.3 Å². The molecule has 1 aliphatic rings. The van der Waals surface area contributed by atoms with Gasteiger partial charge < -0.3 is 10.6 Å². The van der Waals surface area contributed by atoms with E-state index in [1.54, 1.807) is 17.8 Å². The lowest BCUT2D eigenvalue weighted by molar-refractivity contribution is 0.621. The van der Waals surface area contributed by atoms with Gasteiger partial charge in [0, 0.05) is 23.7 Å². The molecule has 0 aliphatic carbocycles. The lowest BCUT2D eigenvalue weighted by Crippen LogP contribution is -2.32. The third kappa shape index (κ3) is 2.78. The number of hydrogen-bond donors (Lipinski definition) is 1. The summed E-state index contributed by atoms with van der Waals surface area (Å²) in [6.45, 7) is 1.42. The Kier molecular flexibility index (Phi) is 4.17. The summed E-state index contributed by atoms with van der Waals surface area (Å²) in [5.41, 5.74) is 9.39. The maximum absolute atomic E-state index is 13.5. The monoisotopic (exact) mass is 302 g/mol. The molecule has 1 heterocycles. The Labute approximate surface area is 129 Å². The summed E-state index contributed by atoms with van der Waals surface area (Å²) < 4.78 is 13.5. The van der Waals surface area contributed by atoms with Crippen LogP contribution in [0.4, 0.5) is 10.1 Å². The van der Waals surface area contributed by atoms with Gasteiger partial charge in [-0.15, -0.1) is 11.8 Å². The third-order valence-corrected chi connectivity index (χ3v) is 4.82. The first-order chi connectivity index (χ1) is 10.2. The van der Waals surface area contributed by atoms with Crippen LogP contribution in [0.25, 0.3) is 0 Å². The predicted octanol–water partition coefficient (Wildman–Crippen LogP) is 3.61. The zero-order chi connectivity index (χ0) is 14.8. The Hall–Kier alpha value is -1.52. The summed E-state index contributed by atoms with van der Waals surface area (Å²) in [7, 11) is 0. The molecule has 2 aromatic carbocycles. The Balaban J connectivity index is 1.93. The first kappa shape index (κ1) is 14.4. The van der Waals surface area contributed by atoms with Crippen LogP contribution in [-0.4, -0.2) is 19.3 Å². The molecule has 3 rings (SSSR count). The fraction of sp³-hybridized carbons (Fsp3) is 0.294. The number of halogens is 1. The number of benzene rings is 2. The molecule has 4 heteroatoms. The first-order valence-electron chi connectivity index (χ1n) is 7.12. The van der Waals surface area contributed by atoms with Crippen molar-refractivity contribution in [3.8, 4) is 0 Å². The van der Waals surface area contributed by atoms with E-state index in [9.17, 15) is 4.39 Å². The number of fused-ring (bicyclic) bond motifs is 1. The van der Waals surface area contributed by atoms with E-state index in [0.29, 0.717) is 6.54 Å². The molecule has 21 heavy (non-hydrogen) atoms. The molecule has 2 nitrogen and oxygen atoms in total. The van der Waals surface area contributed by atoms with E-state index in [2.05, 4.69) is 35.4 Å². The second-order valence-electron chi connectivity index (χ2n) is 5.24. The average Bonchev–Trinajstić information content (AvgIpc) is 2.92. The number of rotatable bonds is 4. The van der Waals surface area contributed by atoms with Gasteiger partial charge >= 0.3 is 0 Å². The standard InChI is InChI=1S/C17H19FN2S/c1-21-15-6-3-12(4-7-15)17(11-19)20-9-8-13-2-5-14(18)10-16(13)20/h2-7,10,17H,8-9,11,19H2,1H3. The zero-order valence-electron chi connectivity index (χ0n) is 12.1. The number of hydrogen-bond acceptors (Lipinski definition) is 3. The Bertz CT molecular complexity index is 627. The van der Waals surface area contributed by atoms with Crippen LogP contribution in [0.5, 0.6) is 0 Å². The Morgan fingerprint density at radius 1 is 1.24 bits per heavy atom. The maximum Gasteiger partial charge on any atom is 0.125 e. The summed E-state index contributed by atoms with van der Waals surface area (Å²) in [6.07, 6.45) is 3.02. The van der Waals surface area contributed by atoms with Crippen molar-refractivity contribution in [1.82, 2.24) is 0 Å². The molecule has 0 aromatic heterocycles. The van der Waals surface area contributed by atoms with Crippen molar-refractivity contribution >= 4 is 17.4 Å². The summed E-state index contributed by atoms with van der Waals surface area (Å²) in [5.74, 6) is -0.186. The minimum Gasteiger partial charge on any atom is -0.363 e. The first-order valence-corrected chi connectivity index (χ1v) is 8.34. The van der Waals surface area contributed by atoms with Crippen molar-refractivity contribution in [2.24, 2.45) is 5.73 Å². The molecule has 0 spiro atoms. The van der Waals surface area contributed by atoms with Crippen LogP contribution in [0.1, 0.15) is 17.2 Å². The highest BCUT2D eigenvalue weighted by atomic mass is 32.2. The fourth-order valence-electron chi connectivity index (χ4n) is 2.97. The molecular formula is C17H19FN2S. The lowest BCUT2D eigenvalue weighted by Gasteiger charge is -2.30. The maximum atomic E-state index is 13.5. The molecule has 110 valence electrons. The summed E-state index contributed by atoms with van der Waals surface area (Å²) in [4.78, 5) is 3.47. The Morgan fingerprint density at radius 3 is 2.67 bits per heavy atom. The summed E-state index contributed by atoms with van der Waals surface area (Å²) >= 11 is 1.73. The summed E-state index contributed by atoms with van der Waals surface area (Å²) in [6, 6.07) is 13.6. The quantitative estimate of drug-likeness (QED) is 0.875. The van der Waals surface area contributed by atoms with Crippen LogP contribution in [0.3, 0.4) is 0 Å². The highest BCUT2D eigenvalue weighted by Crippen LogP contribution is 2.35. The van der Waals surface area contributed by atoms with Gasteiger partial charge in [-0.2, -0.15) is 0 Å². The molecular weight excluding hydrogens is 283 g/mol. The predicted molar refractivity (Wildman–Crippen MR) is 87.5 cm³/mol.